The van der Waals surface area contributed by atoms with Crippen LogP contribution >= 0.6 is 11.6 Å². The molecular weight excluding hydrogens is 492 g/mol. The summed E-state index contributed by atoms with van der Waals surface area (Å²) in [5.74, 6) is 0.584. The first kappa shape index (κ1) is 23.7. The number of pyridine rings is 2. The molecule has 6 rings (SSSR count). The quantitative estimate of drug-likeness (QED) is 0.405. The molecule has 4 heterocycles. The molecule has 0 atom stereocenters. The number of aromatic amines is 1. The van der Waals surface area contributed by atoms with Crippen LogP contribution in [0.2, 0.25) is 5.02 Å². The molecule has 2 fully saturated rings. The Morgan fingerprint density at radius 2 is 1.92 bits per heavy atom. The maximum atomic E-state index is 13.6. The van der Waals surface area contributed by atoms with E-state index in [2.05, 4.69) is 34.1 Å². The molecule has 37 heavy (non-hydrogen) atoms. The molecule has 2 aliphatic rings. The highest BCUT2D eigenvalue weighted by Crippen LogP contribution is 2.39. The van der Waals surface area contributed by atoms with Crippen LogP contribution in [-0.2, 0) is 17.9 Å². The van der Waals surface area contributed by atoms with E-state index in [1.54, 1.807) is 29.3 Å². The minimum Gasteiger partial charge on any atom is -0.348 e. The fourth-order valence-electron chi connectivity index (χ4n) is 4.95. The number of likely N-dealkylation sites (tertiary alicyclic amines) is 1. The van der Waals surface area contributed by atoms with E-state index in [1.165, 1.54) is 4.57 Å². The highest BCUT2D eigenvalue weighted by Gasteiger charge is 2.37. The summed E-state index contributed by atoms with van der Waals surface area (Å²) in [6, 6.07) is 8.67. The number of hydrogen-bond acceptors (Lipinski definition) is 5. The lowest BCUT2D eigenvalue weighted by Crippen LogP contribution is -2.56. The lowest BCUT2D eigenvalue weighted by atomic mass is 9.84. The Morgan fingerprint density at radius 1 is 1.19 bits per heavy atom. The summed E-state index contributed by atoms with van der Waals surface area (Å²) in [5, 5.41) is 4.01. The van der Waals surface area contributed by atoms with Crippen molar-refractivity contribution in [1.82, 2.24) is 29.7 Å². The van der Waals surface area contributed by atoms with Crippen LogP contribution in [-0.4, -0.2) is 49.3 Å². The molecule has 9 nitrogen and oxygen atoms in total. The maximum absolute atomic E-state index is 13.6. The monoisotopic (exact) mass is 518 g/mol. The van der Waals surface area contributed by atoms with Crippen LogP contribution in [0.3, 0.4) is 0 Å². The molecule has 0 radical (unpaired) electrons. The van der Waals surface area contributed by atoms with E-state index in [4.69, 9.17) is 11.6 Å². The molecule has 1 saturated carbocycles. The molecule has 1 aliphatic carbocycles. The first-order chi connectivity index (χ1) is 17.7. The molecule has 2 amide bonds. The third-order valence-corrected chi connectivity index (χ3v) is 7.30. The zero-order chi connectivity index (χ0) is 25.9. The summed E-state index contributed by atoms with van der Waals surface area (Å²) in [6.45, 7) is 5.49. The molecule has 1 saturated heterocycles. The maximum Gasteiger partial charge on any atom is 0.265 e. The Morgan fingerprint density at radius 3 is 2.59 bits per heavy atom. The molecule has 0 bridgehead atoms. The van der Waals surface area contributed by atoms with E-state index in [0.717, 1.165) is 24.2 Å². The zero-order valence-electron chi connectivity index (χ0n) is 20.7. The van der Waals surface area contributed by atoms with Gasteiger partial charge < -0.3 is 15.2 Å². The van der Waals surface area contributed by atoms with E-state index in [9.17, 15) is 14.4 Å². The number of nitrogens with one attached hydrogen (secondary N) is 2. The van der Waals surface area contributed by atoms with Gasteiger partial charge in [0.25, 0.3) is 11.5 Å². The van der Waals surface area contributed by atoms with Crippen LogP contribution in [0.25, 0.3) is 22.1 Å². The molecular formula is C27H27ClN6O3. The van der Waals surface area contributed by atoms with E-state index in [-0.39, 0.29) is 30.0 Å². The lowest BCUT2D eigenvalue weighted by Gasteiger charge is -2.45. The number of carbonyl (C=O) groups excluding carboxylic acids is 2. The van der Waals surface area contributed by atoms with Crippen molar-refractivity contribution in [2.75, 3.05) is 13.1 Å². The van der Waals surface area contributed by atoms with Gasteiger partial charge in [-0.15, -0.1) is 0 Å². The minimum atomic E-state index is -0.553. The predicted octanol–water partition coefficient (Wildman–Crippen LogP) is 3.60. The average molecular weight is 519 g/mol. The number of carbonyl (C=O) groups is 2. The van der Waals surface area contributed by atoms with Crippen LogP contribution in [0.5, 0.6) is 0 Å². The third-order valence-electron chi connectivity index (χ3n) is 7.05. The van der Waals surface area contributed by atoms with Crippen molar-refractivity contribution in [2.45, 2.75) is 45.7 Å². The van der Waals surface area contributed by atoms with Crippen LogP contribution in [0.15, 0.2) is 41.3 Å². The van der Waals surface area contributed by atoms with Gasteiger partial charge in [-0.25, -0.2) is 9.97 Å². The fraction of sp³-hybridized carbons (Fsp3) is 0.370. The number of imidazole rings is 1. The molecule has 2 N–H and O–H groups in total. The van der Waals surface area contributed by atoms with Crippen molar-refractivity contribution in [3.63, 3.8) is 0 Å². The number of fused-ring (bicyclic) bond motifs is 3. The molecule has 1 aliphatic heterocycles. The van der Waals surface area contributed by atoms with Crippen LogP contribution < -0.4 is 10.9 Å². The Kier molecular flexibility index (Phi) is 5.56. The molecule has 0 unspecified atom stereocenters. The Hall–Kier alpha value is -3.72. The largest absolute Gasteiger partial charge is 0.348 e. The second-order valence-electron chi connectivity index (χ2n) is 10.8. The number of halogens is 1. The third kappa shape index (κ3) is 4.48. The SMILES string of the molecule is CC1(C)CN(C(=O)Cn2c(=O)c(C(=O)NCc3ccc(Cl)cc3)cc3c4[nH]c(C5CC5)nc4cnc32)C1. The standard InChI is InChI=1S/C27H27ClN6O3/c1-27(2)13-33(14-27)21(35)12-34-24-18(22-20(11-29-24)31-23(32-22)16-5-6-16)9-19(26(34)37)25(36)30-10-15-3-7-17(28)8-4-15/h3-4,7-9,11,16H,5-6,10,12-14H2,1-2H3,(H,30,36)(H,31,32). The van der Waals surface area contributed by atoms with Gasteiger partial charge in [0.05, 0.1) is 11.7 Å². The molecule has 3 aromatic heterocycles. The van der Waals surface area contributed by atoms with E-state index < -0.39 is 11.5 Å². The second-order valence-corrected chi connectivity index (χ2v) is 11.3. The number of H-pyrrole nitrogens is 1. The van der Waals surface area contributed by atoms with Gasteiger partial charge in [-0.3, -0.25) is 19.0 Å². The summed E-state index contributed by atoms with van der Waals surface area (Å²) in [5.41, 5.74) is 2.05. The van der Waals surface area contributed by atoms with E-state index >= 15 is 0 Å². The fourth-order valence-corrected chi connectivity index (χ4v) is 5.07. The summed E-state index contributed by atoms with van der Waals surface area (Å²) in [4.78, 5) is 54.2. The molecule has 190 valence electrons. The van der Waals surface area contributed by atoms with Gasteiger partial charge >= 0.3 is 0 Å². The summed E-state index contributed by atoms with van der Waals surface area (Å²) in [6.07, 6.45) is 3.78. The molecule has 10 heteroatoms. The van der Waals surface area contributed by atoms with Crippen molar-refractivity contribution >= 4 is 45.5 Å². The number of benzene rings is 1. The van der Waals surface area contributed by atoms with Gasteiger partial charge in [0, 0.05) is 36.0 Å². The van der Waals surface area contributed by atoms with E-state index in [0.29, 0.717) is 46.1 Å². The van der Waals surface area contributed by atoms with Crippen molar-refractivity contribution in [3.05, 3.63) is 68.9 Å². The summed E-state index contributed by atoms with van der Waals surface area (Å²) in [7, 11) is 0. The van der Waals surface area contributed by atoms with Crippen LogP contribution in [0, 0.1) is 5.41 Å². The number of hydrogen-bond donors (Lipinski definition) is 2. The Bertz CT molecular complexity index is 1610. The Balaban J connectivity index is 1.40. The highest BCUT2D eigenvalue weighted by molar-refractivity contribution is 6.30. The summed E-state index contributed by atoms with van der Waals surface area (Å²) < 4.78 is 1.32. The van der Waals surface area contributed by atoms with Crippen LogP contribution in [0.1, 0.15) is 54.4 Å². The minimum absolute atomic E-state index is 0.0462. The second kappa shape index (κ2) is 8.69. The normalized spacial score (nSPS) is 16.7. The van der Waals surface area contributed by atoms with Gasteiger partial charge in [0.1, 0.15) is 29.1 Å². The van der Waals surface area contributed by atoms with Gasteiger partial charge in [0.2, 0.25) is 5.91 Å². The number of rotatable bonds is 6. The first-order valence-corrected chi connectivity index (χ1v) is 12.8. The molecule has 0 spiro atoms. The van der Waals surface area contributed by atoms with Crippen molar-refractivity contribution in [2.24, 2.45) is 5.41 Å². The van der Waals surface area contributed by atoms with Gasteiger partial charge in [-0.1, -0.05) is 37.6 Å². The van der Waals surface area contributed by atoms with Gasteiger partial charge in [0.15, 0.2) is 0 Å². The van der Waals surface area contributed by atoms with Crippen molar-refractivity contribution < 1.29 is 9.59 Å². The summed E-state index contributed by atoms with van der Waals surface area (Å²) >= 11 is 5.95. The molecule has 4 aromatic rings. The number of nitrogens with zero attached hydrogens (tertiary/aromatic N) is 4. The van der Waals surface area contributed by atoms with Crippen molar-refractivity contribution in [1.29, 1.82) is 0 Å². The Labute approximate surface area is 217 Å². The van der Waals surface area contributed by atoms with Crippen LogP contribution in [0.4, 0.5) is 0 Å². The highest BCUT2D eigenvalue weighted by atomic mass is 35.5. The lowest BCUT2D eigenvalue weighted by molar-refractivity contribution is -0.142. The smallest absolute Gasteiger partial charge is 0.265 e. The average Bonchev–Trinajstić information content (AvgIpc) is 3.61. The van der Waals surface area contributed by atoms with Crippen molar-refractivity contribution in [3.8, 4) is 0 Å². The van der Waals surface area contributed by atoms with Gasteiger partial charge in [-0.05, 0) is 42.0 Å². The molecule has 1 aromatic carbocycles. The number of aromatic nitrogens is 4. The van der Waals surface area contributed by atoms with E-state index in [1.807, 2.05) is 12.1 Å². The predicted molar refractivity (Wildman–Crippen MR) is 141 cm³/mol. The zero-order valence-corrected chi connectivity index (χ0v) is 21.4. The number of amides is 2. The van der Waals surface area contributed by atoms with Gasteiger partial charge in [-0.2, -0.15) is 0 Å². The first-order valence-electron chi connectivity index (χ1n) is 12.4. The topological polar surface area (TPSA) is 113 Å².